The smallest absolute Gasteiger partial charge is 0.253 e. The molecule has 2 amide bonds. The number of hydrogen-bond donors (Lipinski definition) is 1. The number of nitriles is 1. The van der Waals surface area contributed by atoms with Gasteiger partial charge in [-0.15, -0.1) is 0 Å². The van der Waals surface area contributed by atoms with Gasteiger partial charge in [0.15, 0.2) is 0 Å². The average Bonchev–Trinajstić information content (AvgIpc) is 2.82. The first-order chi connectivity index (χ1) is 14.6. The Morgan fingerprint density at radius 2 is 1.77 bits per heavy atom. The molecule has 0 unspecified atom stereocenters. The molecule has 0 radical (unpaired) electrons. The van der Waals surface area contributed by atoms with E-state index in [0.29, 0.717) is 43.7 Å². The van der Waals surface area contributed by atoms with E-state index in [2.05, 4.69) is 30.4 Å². The second kappa shape index (κ2) is 10.6. The van der Waals surface area contributed by atoms with Crippen molar-refractivity contribution in [2.24, 2.45) is 0 Å². The van der Waals surface area contributed by atoms with E-state index in [1.165, 1.54) is 0 Å². The number of rotatable bonds is 7. The lowest BCUT2D eigenvalue weighted by Gasteiger charge is -2.30. The number of benzene rings is 2. The van der Waals surface area contributed by atoms with Gasteiger partial charge in [-0.05, 0) is 35.7 Å². The van der Waals surface area contributed by atoms with E-state index < -0.39 is 0 Å². The zero-order valence-corrected chi connectivity index (χ0v) is 17.4. The summed E-state index contributed by atoms with van der Waals surface area (Å²) in [5.41, 5.74) is 2.21. The summed E-state index contributed by atoms with van der Waals surface area (Å²) in [5, 5.41) is 12.2. The van der Waals surface area contributed by atoms with Crippen molar-refractivity contribution >= 4 is 11.8 Å². The van der Waals surface area contributed by atoms with Gasteiger partial charge in [0.05, 0.1) is 11.6 Å². The monoisotopic (exact) mass is 404 g/mol. The van der Waals surface area contributed by atoms with Crippen LogP contribution in [0.4, 0.5) is 0 Å². The summed E-state index contributed by atoms with van der Waals surface area (Å²) in [6.07, 6.45) is 0.309. The van der Waals surface area contributed by atoms with E-state index in [9.17, 15) is 9.59 Å². The highest BCUT2D eigenvalue weighted by atomic mass is 16.2. The van der Waals surface area contributed by atoms with Crippen LogP contribution in [0, 0.1) is 11.3 Å². The van der Waals surface area contributed by atoms with Crippen LogP contribution in [-0.4, -0.2) is 60.9 Å². The van der Waals surface area contributed by atoms with Crippen LogP contribution >= 0.6 is 0 Å². The van der Waals surface area contributed by atoms with Crippen molar-refractivity contribution < 1.29 is 9.59 Å². The van der Waals surface area contributed by atoms with Gasteiger partial charge in [-0.25, -0.2) is 0 Å². The Bertz CT molecular complexity index is 884. The summed E-state index contributed by atoms with van der Waals surface area (Å²) in [5.74, 6) is 0.111. The molecule has 6 heteroatoms. The maximum absolute atomic E-state index is 13.2. The largest absolute Gasteiger partial charge is 0.340 e. The zero-order chi connectivity index (χ0) is 21.3. The third kappa shape index (κ3) is 5.68. The third-order valence-electron chi connectivity index (χ3n) is 5.48. The fourth-order valence-corrected chi connectivity index (χ4v) is 3.67. The number of piperazine rings is 1. The Kier molecular flexibility index (Phi) is 7.58. The molecule has 0 bridgehead atoms. The molecule has 1 saturated heterocycles. The normalized spacial score (nSPS) is 14.6. The van der Waals surface area contributed by atoms with E-state index >= 15 is 0 Å². The van der Waals surface area contributed by atoms with E-state index in [4.69, 9.17) is 5.26 Å². The standard InChI is InChI=1S/C24H28N4O2/c1-19(21-5-3-2-4-6-21)18-28(14-11-23(29)27-15-12-26-13-16-27)24(30)22-9-7-20(17-25)8-10-22/h2-10,19,26H,11-16,18H2,1H3/t19-/m1/s1. The van der Waals surface area contributed by atoms with Crippen molar-refractivity contribution in [3.05, 3.63) is 71.3 Å². The van der Waals surface area contributed by atoms with Crippen LogP contribution in [-0.2, 0) is 4.79 Å². The van der Waals surface area contributed by atoms with Crippen LogP contribution in [0.1, 0.15) is 40.7 Å². The highest BCUT2D eigenvalue weighted by Gasteiger charge is 2.22. The predicted octanol–water partition coefficient (Wildman–Crippen LogP) is 2.63. The molecule has 1 N–H and O–H groups in total. The maximum Gasteiger partial charge on any atom is 0.253 e. The maximum atomic E-state index is 13.2. The average molecular weight is 405 g/mol. The van der Waals surface area contributed by atoms with Crippen LogP contribution in [0.5, 0.6) is 0 Å². The highest BCUT2D eigenvalue weighted by Crippen LogP contribution is 2.18. The van der Waals surface area contributed by atoms with Gasteiger partial charge in [0, 0.05) is 51.3 Å². The molecule has 1 atom stereocenters. The molecule has 1 aliphatic rings. The van der Waals surface area contributed by atoms with Gasteiger partial charge in [0.1, 0.15) is 0 Å². The Morgan fingerprint density at radius 3 is 2.40 bits per heavy atom. The summed E-state index contributed by atoms with van der Waals surface area (Å²) in [7, 11) is 0. The molecule has 6 nitrogen and oxygen atoms in total. The van der Waals surface area contributed by atoms with Gasteiger partial charge in [-0.2, -0.15) is 5.26 Å². The van der Waals surface area contributed by atoms with Crippen molar-refractivity contribution in [2.75, 3.05) is 39.3 Å². The lowest BCUT2D eigenvalue weighted by atomic mass is 10.00. The lowest BCUT2D eigenvalue weighted by Crippen LogP contribution is -2.47. The van der Waals surface area contributed by atoms with E-state index in [1.807, 2.05) is 23.1 Å². The first-order valence-electron chi connectivity index (χ1n) is 10.4. The molecule has 0 spiro atoms. The molecule has 30 heavy (non-hydrogen) atoms. The van der Waals surface area contributed by atoms with Gasteiger partial charge in [0.2, 0.25) is 5.91 Å². The molecular formula is C24H28N4O2. The Labute approximate surface area is 178 Å². The van der Waals surface area contributed by atoms with Crippen molar-refractivity contribution in [1.82, 2.24) is 15.1 Å². The number of carbonyl (C=O) groups excluding carboxylic acids is 2. The number of nitrogens with one attached hydrogen (secondary N) is 1. The van der Waals surface area contributed by atoms with Gasteiger partial charge in [-0.1, -0.05) is 37.3 Å². The second-order valence-electron chi connectivity index (χ2n) is 7.63. The first kappa shape index (κ1) is 21.5. The van der Waals surface area contributed by atoms with Crippen molar-refractivity contribution in [1.29, 1.82) is 5.26 Å². The summed E-state index contributed by atoms with van der Waals surface area (Å²) in [6, 6.07) is 18.8. The Morgan fingerprint density at radius 1 is 1.10 bits per heavy atom. The predicted molar refractivity (Wildman–Crippen MR) is 116 cm³/mol. The van der Waals surface area contributed by atoms with Gasteiger partial charge >= 0.3 is 0 Å². The van der Waals surface area contributed by atoms with Crippen LogP contribution in [0.15, 0.2) is 54.6 Å². The minimum absolute atomic E-state index is 0.0847. The lowest BCUT2D eigenvalue weighted by molar-refractivity contribution is -0.131. The van der Waals surface area contributed by atoms with Crippen molar-refractivity contribution in [3.8, 4) is 6.07 Å². The second-order valence-corrected chi connectivity index (χ2v) is 7.63. The molecule has 0 aliphatic carbocycles. The fraction of sp³-hybridized carbons (Fsp3) is 0.375. The molecule has 156 valence electrons. The molecule has 2 aromatic rings. The van der Waals surface area contributed by atoms with Crippen LogP contribution in [0.25, 0.3) is 0 Å². The Balaban J connectivity index is 1.72. The minimum Gasteiger partial charge on any atom is -0.340 e. The van der Waals surface area contributed by atoms with Crippen LogP contribution < -0.4 is 5.32 Å². The highest BCUT2D eigenvalue weighted by molar-refractivity contribution is 5.94. The summed E-state index contributed by atoms with van der Waals surface area (Å²) in [4.78, 5) is 29.5. The van der Waals surface area contributed by atoms with E-state index in [0.717, 1.165) is 18.7 Å². The number of nitrogens with zero attached hydrogens (tertiary/aromatic N) is 3. The van der Waals surface area contributed by atoms with E-state index in [-0.39, 0.29) is 17.7 Å². The van der Waals surface area contributed by atoms with Gasteiger partial charge in [-0.3, -0.25) is 9.59 Å². The molecule has 2 aromatic carbocycles. The first-order valence-corrected chi connectivity index (χ1v) is 10.4. The van der Waals surface area contributed by atoms with E-state index in [1.54, 1.807) is 29.2 Å². The quantitative estimate of drug-likeness (QED) is 0.770. The zero-order valence-electron chi connectivity index (χ0n) is 17.4. The van der Waals surface area contributed by atoms with Gasteiger partial charge in [0.25, 0.3) is 5.91 Å². The molecule has 0 saturated carbocycles. The molecular weight excluding hydrogens is 376 g/mol. The number of hydrogen-bond acceptors (Lipinski definition) is 4. The van der Waals surface area contributed by atoms with Crippen LogP contribution in [0.2, 0.25) is 0 Å². The molecule has 0 aromatic heterocycles. The van der Waals surface area contributed by atoms with Crippen molar-refractivity contribution in [3.63, 3.8) is 0 Å². The topological polar surface area (TPSA) is 76.4 Å². The number of carbonyl (C=O) groups is 2. The SMILES string of the molecule is C[C@H](CN(CCC(=O)N1CCNCC1)C(=O)c1ccc(C#N)cc1)c1ccccc1. The molecule has 1 heterocycles. The number of amides is 2. The summed E-state index contributed by atoms with van der Waals surface area (Å²) in [6.45, 7) is 6.03. The third-order valence-corrected chi connectivity index (χ3v) is 5.48. The fourth-order valence-electron chi connectivity index (χ4n) is 3.67. The minimum atomic E-state index is -0.115. The van der Waals surface area contributed by atoms with Crippen molar-refractivity contribution in [2.45, 2.75) is 19.3 Å². The Hall–Kier alpha value is -3.17. The molecule has 1 aliphatic heterocycles. The summed E-state index contributed by atoms with van der Waals surface area (Å²) < 4.78 is 0. The van der Waals surface area contributed by atoms with Crippen LogP contribution in [0.3, 0.4) is 0 Å². The summed E-state index contributed by atoms with van der Waals surface area (Å²) >= 11 is 0. The van der Waals surface area contributed by atoms with Gasteiger partial charge < -0.3 is 15.1 Å². The molecule has 1 fully saturated rings. The molecule has 3 rings (SSSR count).